The molecule has 1 amide bonds. The number of fused-ring (bicyclic) bond motifs is 1. The van der Waals surface area contributed by atoms with Crippen LogP contribution in [0.5, 0.6) is 0 Å². The van der Waals surface area contributed by atoms with Gasteiger partial charge in [0.25, 0.3) is 0 Å². The monoisotopic (exact) mass is 337 g/mol. The minimum absolute atomic E-state index is 0.0885. The number of aromatic nitrogens is 4. The summed E-state index contributed by atoms with van der Waals surface area (Å²) in [5.74, 6) is 1.79. The average molecular weight is 337 g/mol. The maximum atomic E-state index is 12.4. The Bertz CT molecular complexity index is 500. The number of thioether (sulfide) groups is 1. The molecule has 0 unspecified atom stereocenters. The highest BCUT2D eigenvalue weighted by Crippen LogP contribution is 2.28. The van der Waals surface area contributed by atoms with Crippen LogP contribution in [0.1, 0.15) is 69.5 Å². The number of nitrogens with zero attached hydrogens (tertiary/aromatic N) is 4. The lowest BCUT2D eigenvalue weighted by Gasteiger charge is -2.21. The number of hydrogen-bond acceptors (Lipinski definition) is 5. The lowest BCUT2D eigenvalue weighted by atomic mass is 10.0. The van der Waals surface area contributed by atoms with Crippen molar-refractivity contribution in [2.45, 2.75) is 75.5 Å². The molecule has 0 bridgehead atoms. The van der Waals surface area contributed by atoms with Crippen molar-refractivity contribution in [3.8, 4) is 0 Å². The molecule has 0 aromatic carbocycles. The van der Waals surface area contributed by atoms with Crippen molar-refractivity contribution in [3.05, 3.63) is 5.82 Å². The maximum Gasteiger partial charge on any atom is 0.230 e. The molecule has 1 fully saturated rings. The summed E-state index contributed by atoms with van der Waals surface area (Å²) in [7, 11) is 0. The summed E-state index contributed by atoms with van der Waals surface area (Å²) in [6.07, 6.45) is 10.9. The van der Waals surface area contributed by atoms with Crippen LogP contribution in [0, 0.1) is 0 Å². The summed E-state index contributed by atoms with van der Waals surface area (Å²) in [6.45, 7) is 1.58. The first-order valence-corrected chi connectivity index (χ1v) is 10.0. The van der Waals surface area contributed by atoms with Gasteiger partial charge in [-0.2, -0.15) is 11.8 Å². The van der Waals surface area contributed by atoms with Crippen LogP contribution >= 0.6 is 11.8 Å². The highest BCUT2D eigenvalue weighted by atomic mass is 32.2. The van der Waals surface area contributed by atoms with E-state index in [0.717, 1.165) is 55.6 Å². The van der Waals surface area contributed by atoms with Gasteiger partial charge >= 0.3 is 0 Å². The molecule has 1 atom stereocenters. The van der Waals surface area contributed by atoms with Crippen LogP contribution in [0.4, 0.5) is 0 Å². The Morgan fingerprint density at radius 1 is 1.17 bits per heavy atom. The summed E-state index contributed by atoms with van der Waals surface area (Å²) >= 11 is 2.09. The number of nitrogens with one attached hydrogen (secondary N) is 1. The third-order valence-electron chi connectivity index (χ3n) is 4.83. The largest absolute Gasteiger partial charge is 0.355 e. The second-order valence-corrected chi connectivity index (χ2v) is 7.99. The number of carbonyl (C=O) groups is 1. The quantitative estimate of drug-likeness (QED) is 0.808. The molecule has 128 valence electrons. The van der Waals surface area contributed by atoms with Gasteiger partial charge in [0.1, 0.15) is 0 Å². The van der Waals surface area contributed by atoms with E-state index in [0.29, 0.717) is 0 Å². The Balaban J connectivity index is 1.38. The molecule has 23 heavy (non-hydrogen) atoms. The topological polar surface area (TPSA) is 72.7 Å². The third kappa shape index (κ3) is 4.68. The molecule has 0 radical (unpaired) electrons. The molecule has 1 aromatic rings. The fourth-order valence-electron chi connectivity index (χ4n) is 3.50. The van der Waals surface area contributed by atoms with E-state index < -0.39 is 0 Å². The number of tetrazole rings is 1. The molecule has 2 aliphatic rings. The fraction of sp³-hybridized carbons (Fsp3) is 0.875. The minimum atomic E-state index is -0.182. The van der Waals surface area contributed by atoms with Crippen LogP contribution in [-0.4, -0.2) is 43.7 Å². The van der Waals surface area contributed by atoms with Gasteiger partial charge in [-0.05, 0) is 48.3 Å². The maximum absolute atomic E-state index is 12.4. The standard InChI is InChI=1S/C16H27N5OS/c22-16(14-9-4-5-11-21-15(14)18-19-20-21)17-10-6-12-23-13-7-2-1-3-8-13/h13-14H,1-12H2,(H,17,22)/t14-/m0/s1. The van der Waals surface area contributed by atoms with Crippen LogP contribution in [0.15, 0.2) is 0 Å². The number of amides is 1. The Kier molecular flexibility index (Phi) is 6.30. The molecule has 1 aliphatic heterocycles. The predicted octanol–water partition coefficient (Wildman–Crippen LogP) is 2.51. The van der Waals surface area contributed by atoms with E-state index in [1.54, 1.807) is 4.68 Å². The Hall–Kier alpha value is -1.11. The van der Waals surface area contributed by atoms with Crippen LogP contribution < -0.4 is 5.32 Å². The molecule has 3 rings (SSSR count). The van der Waals surface area contributed by atoms with E-state index in [-0.39, 0.29) is 11.8 Å². The second-order valence-electron chi connectivity index (χ2n) is 6.58. The fourth-order valence-corrected chi connectivity index (χ4v) is 4.81. The molecule has 2 heterocycles. The highest BCUT2D eigenvalue weighted by molar-refractivity contribution is 7.99. The van der Waals surface area contributed by atoms with Crippen molar-refractivity contribution in [3.63, 3.8) is 0 Å². The Morgan fingerprint density at radius 2 is 2.00 bits per heavy atom. The summed E-state index contributed by atoms with van der Waals surface area (Å²) in [4.78, 5) is 12.4. The summed E-state index contributed by atoms with van der Waals surface area (Å²) in [6, 6.07) is 0. The summed E-state index contributed by atoms with van der Waals surface area (Å²) < 4.78 is 1.79. The van der Waals surface area contributed by atoms with Gasteiger partial charge in [-0.3, -0.25) is 4.79 Å². The average Bonchev–Trinajstić information content (AvgIpc) is 2.94. The van der Waals surface area contributed by atoms with Gasteiger partial charge in [0.15, 0.2) is 5.82 Å². The number of hydrogen-bond donors (Lipinski definition) is 1. The van der Waals surface area contributed by atoms with E-state index in [9.17, 15) is 4.79 Å². The van der Waals surface area contributed by atoms with Gasteiger partial charge in [0.05, 0.1) is 5.92 Å². The van der Waals surface area contributed by atoms with Crippen molar-refractivity contribution in [1.29, 1.82) is 0 Å². The molecule has 1 aromatic heterocycles. The molecule has 6 nitrogen and oxygen atoms in total. The van der Waals surface area contributed by atoms with Gasteiger partial charge in [0, 0.05) is 18.3 Å². The number of aryl methyl sites for hydroxylation is 1. The zero-order valence-electron chi connectivity index (χ0n) is 13.7. The second kappa shape index (κ2) is 8.66. The van der Waals surface area contributed by atoms with Gasteiger partial charge < -0.3 is 5.32 Å². The molecular formula is C16H27N5OS. The van der Waals surface area contributed by atoms with E-state index in [1.165, 1.54) is 32.1 Å². The third-order valence-corrected chi connectivity index (χ3v) is 6.29. The molecule has 1 saturated carbocycles. The molecule has 1 aliphatic carbocycles. The van der Waals surface area contributed by atoms with E-state index in [1.807, 2.05) is 0 Å². The van der Waals surface area contributed by atoms with Gasteiger partial charge in [-0.25, -0.2) is 4.68 Å². The van der Waals surface area contributed by atoms with E-state index >= 15 is 0 Å². The van der Waals surface area contributed by atoms with Crippen molar-refractivity contribution in [2.75, 3.05) is 12.3 Å². The van der Waals surface area contributed by atoms with Crippen LogP contribution in [-0.2, 0) is 11.3 Å². The Labute approximate surface area is 142 Å². The van der Waals surface area contributed by atoms with Crippen molar-refractivity contribution < 1.29 is 4.79 Å². The first kappa shape index (κ1) is 16.7. The molecular weight excluding hydrogens is 310 g/mol. The molecule has 1 N–H and O–H groups in total. The van der Waals surface area contributed by atoms with E-state index in [2.05, 4.69) is 32.6 Å². The van der Waals surface area contributed by atoms with Crippen molar-refractivity contribution in [1.82, 2.24) is 25.5 Å². The SMILES string of the molecule is O=C(NCCCSC1CCCCC1)[C@H]1CCCCn2nnnc21. The summed E-state index contributed by atoms with van der Waals surface area (Å²) in [5, 5.41) is 15.7. The minimum Gasteiger partial charge on any atom is -0.355 e. The number of rotatable bonds is 6. The van der Waals surface area contributed by atoms with Crippen LogP contribution in [0.3, 0.4) is 0 Å². The van der Waals surface area contributed by atoms with Gasteiger partial charge in [0.2, 0.25) is 5.91 Å². The zero-order chi connectivity index (χ0) is 15.9. The predicted molar refractivity (Wildman–Crippen MR) is 91.4 cm³/mol. The van der Waals surface area contributed by atoms with Crippen LogP contribution in [0.25, 0.3) is 0 Å². The number of carbonyl (C=O) groups excluding carboxylic acids is 1. The lowest BCUT2D eigenvalue weighted by Crippen LogP contribution is -2.31. The highest BCUT2D eigenvalue weighted by Gasteiger charge is 2.28. The summed E-state index contributed by atoms with van der Waals surface area (Å²) in [5.41, 5.74) is 0. The first-order valence-electron chi connectivity index (χ1n) is 9.00. The zero-order valence-corrected chi connectivity index (χ0v) is 14.6. The van der Waals surface area contributed by atoms with Gasteiger partial charge in [-0.1, -0.05) is 25.7 Å². The smallest absolute Gasteiger partial charge is 0.230 e. The van der Waals surface area contributed by atoms with Crippen molar-refractivity contribution in [2.24, 2.45) is 0 Å². The molecule has 0 spiro atoms. The molecule has 7 heteroatoms. The normalized spacial score (nSPS) is 22.3. The lowest BCUT2D eigenvalue weighted by molar-refractivity contribution is -0.122. The van der Waals surface area contributed by atoms with Gasteiger partial charge in [-0.15, -0.1) is 5.10 Å². The molecule has 0 saturated heterocycles. The Morgan fingerprint density at radius 3 is 2.87 bits per heavy atom. The van der Waals surface area contributed by atoms with E-state index in [4.69, 9.17) is 0 Å². The first-order chi connectivity index (χ1) is 11.3. The van der Waals surface area contributed by atoms with Crippen LogP contribution in [0.2, 0.25) is 0 Å². The van der Waals surface area contributed by atoms with Crippen molar-refractivity contribution >= 4 is 17.7 Å².